The molecule has 1 fully saturated rings. The van der Waals surface area contributed by atoms with Gasteiger partial charge < -0.3 is 14.8 Å². The number of hydrogen-bond acceptors (Lipinski definition) is 4. The van der Waals surface area contributed by atoms with Gasteiger partial charge in [0.15, 0.2) is 11.5 Å². The Balaban J connectivity index is 1.77. The van der Waals surface area contributed by atoms with E-state index in [-0.39, 0.29) is 5.92 Å². The number of nitrogens with zero attached hydrogens (tertiary/aromatic N) is 1. The van der Waals surface area contributed by atoms with E-state index in [2.05, 4.69) is 5.32 Å². The molecule has 1 aromatic carbocycles. The molecule has 1 atom stereocenters. The summed E-state index contributed by atoms with van der Waals surface area (Å²) in [5, 5.41) is 3.33. The van der Waals surface area contributed by atoms with Crippen LogP contribution in [0.5, 0.6) is 11.5 Å². The summed E-state index contributed by atoms with van der Waals surface area (Å²) < 4.78 is 48.0. The standard InChI is InChI=1S/C17H25F3N2O2/c1-3-24-16-8-13(4-5-15(16)23-2)9-21-10-14-6-7-22(11-14)12-17(18,19)20/h4-5,8,14,21H,3,6-7,9-12H2,1-2H3. The number of benzene rings is 1. The smallest absolute Gasteiger partial charge is 0.401 e. The summed E-state index contributed by atoms with van der Waals surface area (Å²) in [5.74, 6) is 1.66. The van der Waals surface area contributed by atoms with E-state index in [4.69, 9.17) is 9.47 Å². The highest BCUT2D eigenvalue weighted by Gasteiger charge is 2.34. The molecular formula is C17H25F3N2O2. The highest BCUT2D eigenvalue weighted by atomic mass is 19.4. The van der Waals surface area contributed by atoms with Crippen LogP contribution in [0.25, 0.3) is 0 Å². The molecule has 2 rings (SSSR count). The summed E-state index contributed by atoms with van der Waals surface area (Å²) in [6.45, 7) is 4.05. The Hall–Kier alpha value is -1.47. The van der Waals surface area contributed by atoms with E-state index in [0.717, 1.165) is 12.0 Å². The van der Waals surface area contributed by atoms with Gasteiger partial charge in [0.25, 0.3) is 0 Å². The van der Waals surface area contributed by atoms with E-state index < -0.39 is 12.7 Å². The molecule has 0 aliphatic carbocycles. The molecular weight excluding hydrogens is 321 g/mol. The Morgan fingerprint density at radius 3 is 2.75 bits per heavy atom. The predicted molar refractivity (Wildman–Crippen MR) is 86.5 cm³/mol. The predicted octanol–water partition coefficient (Wildman–Crippen LogP) is 3.07. The third kappa shape index (κ3) is 5.87. The minimum Gasteiger partial charge on any atom is -0.493 e. The first kappa shape index (κ1) is 18.9. The van der Waals surface area contributed by atoms with Crippen molar-refractivity contribution in [2.45, 2.75) is 26.1 Å². The second kappa shape index (κ2) is 8.58. The van der Waals surface area contributed by atoms with Crippen LogP contribution in [0.1, 0.15) is 18.9 Å². The van der Waals surface area contributed by atoms with Crippen LogP contribution in [0.15, 0.2) is 18.2 Å². The van der Waals surface area contributed by atoms with Gasteiger partial charge in [0.05, 0.1) is 20.3 Å². The second-order valence-corrected chi connectivity index (χ2v) is 6.05. The Morgan fingerprint density at radius 2 is 2.08 bits per heavy atom. The van der Waals surface area contributed by atoms with Crippen molar-refractivity contribution in [2.24, 2.45) is 5.92 Å². The van der Waals surface area contributed by atoms with Crippen molar-refractivity contribution in [1.82, 2.24) is 10.2 Å². The third-order valence-electron chi connectivity index (χ3n) is 4.06. The van der Waals surface area contributed by atoms with Crippen molar-refractivity contribution in [1.29, 1.82) is 0 Å². The molecule has 0 saturated carbocycles. The fourth-order valence-corrected chi connectivity index (χ4v) is 3.00. The minimum absolute atomic E-state index is 0.261. The number of alkyl halides is 3. The summed E-state index contributed by atoms with van der Waals surface area (Å²) >= 11 is 0. The van der Waals surface area contributed by atoms with Crippen LogP contribution in [-0.2, 0) is 6.54 Å². The van der Waals surface area contributed by atoms with Gasteiger partial charge in [-0.25, -0.2) is 0 Å². The maximum atomic E-state index is 12.4. The van der Waals surface area contributed by atoms with E-state index >= 15 is 0 Å². The number of rotatable bonds is 8. The largest absolute Gasteiger partial charge is 0.493 e. The number of hydrogen-bond donors (Lipinski definition) is 1. The van der Waals surface area contributed by atoms with Crippen molar-refractivity contribution in [2.75, 3.05) is 39.9 Å². The van der Waals surface area contributed by atoms with Crippen LogP contribution in [0.3, 0.4) is 0 Å². The van der Waals surface area contributed by atoms with Crippen LogP contribution >= 0.6 is 0 Å². The summed E-state index contributed by atoms with van der Waals surface area (Å²) in [5.41, 5.74) is 1.06. The molecule has 0 aromatic heterocycles. The zero-order valence-corrected chi connectivity index (χ0v) is 14.2. The van der Waals surface area contributed by atoms with Crippen molar-refractivity contribution in [3.05, 3.63) is 23.8 Å². The lowest BCUT2D eigenvalue weighted by Crippen LogP contribution is -2.33. The van der Waals surface area contributed by atoms with Crippen LogP contribution in [0.4, 0.5) is 13.2 Å². The van der Waals surface area contributed by atoms with Gasteiger partial charge in [0.2, 0.25) is 0 Å². The first-order valence-corrected chi connectivity index (χ1v) is 8.20. The Bertz CT molecular complexity index is 523. The quantitative estimate of drug-likeness (QED) is 0.784. The maximum absolute atomic E-state index is 12.4. The molecule has 1 aliphatic rings. The molecule has 0 spiro atoms. The molecule has 0 bridgehead atoms. The first-order chi connectivity index (χ1) is 11.4. The summed E-state index contributed by atoms with van der Waals surface area (Å²) in [7, 11) is 1.60. The van der Waals surface area contributed by atoms with E-state index in [1.165, 1.54) is 4.90 Å². The molecule has 1 N–H and O–H groups in total. The highest BCUT2D eigenvalue weighted by Crippen LogP contribution is 2.28. The monoisotopic (exact) mass is 346 g/mol. The zero-order chi connectivity index (χ0) is 17.6. The lowest BCUT2D eigenvalue weighted by molar-refractivity contribution is -0.143. The average Bonchev–Trinajstić information content (AvgIpc) is 2.93. The molecule has 136 valence electrons. The van der Waals surface area contributed by atoms with Gasteiger partial charge in [-0.3, -0.25) is 4.90 Å². The SMILES string of the molecule is CCOc1cc(CNCC2CCN(CC(F)(F)F)C2)ccc1OC. The van der Waals surface area contributed by atoms with Gasteiger partial charge in [0, 0.05) is 13.1 Å². The van der Waals surface area contributed by atoms with Gasteiger partial charge in [-0.2, -0.15) is 13.2 Å². The lowest BCUT2D eigenvalue weighted by Gasteiger charge is -2.18. The van der Waals surface area contributed by atoms with Crippen LogP contribution in [-0.4, -0.2) is 51.0 Å². The molecule has 0 amide bonds. The molecule has 1 aromatic rings. The Morgan fingerprint density at radius 1 is 1.29 bits per heavy atom. The summed E-state index contributed by atoms with van der Waals surface area (Å²) in [6.07, 6.45) is -3.31. The zero-order valence-electron chi connectivity index (χ0n) is 14.2. The first-order valence-electron chi connectivity index (χ1n) is 8.20. The molecule has 1 aliphatic heterocycles. The molecule has 7 heteroatoms. The van der Waals surface area contributed by atoms with E-state index in [1.54, 1.807) is 7.11 Å². The summed E-state index contributed by atoms with van der Waals surface area (Å²) in [6, 6.07) is 5.75. The van der Waals surface area contributed by atoms with Crippen molar-refractivity contribution in [3.63, 3.8) is 0 Å². The maximum Gasteiger partial charge on any atom is 0.401 e. The van der Waals surface area contributed by atoms with Gasteiger partial charge >= 0.3 is 6.18 Å². The fraction of sp³-hybridized carbons (Fsp3) is 0.647. The Labute approximate surface area is 140 Å². The van der Waals surface area contributed by atoms with E-state index in [9.17, 15) is 13.2 Å². The Kier molecular flexibility index (Phi) is 6.74. The molecule has 0 radical (unpaired) electrons. The fourth-order valence-electron chi connectivity index (χ4n) is 3.00. The number of methoxy groups -OCH3 is 1. The van der Waals surface area contributed by atoms with Gasteiger partial charge in [-0.15, -0.1) is 0 Å². The van der Waals surface area contributed by atoms with Gasteiger partial charge in [-0.05, 0) is 50.0 Å². The number of likely N-dealkylation sites (tertiary alicyclic amines) is 1. The highest BCUT2D eigenvalue weighted by molar-refractivity contribution is 5.42. The summed E-state index contributed by atoms with van der Waals surface area (Å²) in [4.78, 5) is 1.48. The van der Waals surface area contributed by atoms with Gasteiger partial charge in [0.1, 0.15) is 0 Å². The molecule has 24 heavy (non-hydrogen) atoms. The van der Waals surface area contributed by atoms with Crippen molar-refractivity contribution in [3.8, 4) is 11.5 Å². The lowest BCUT2D eigenvalue weighted by atomic mass is 10.1. The van der Waals surface area contributed by atoms with Crippen molar-refractivity contribution >= 4 is 0 Å². The molecule has 1 heterocycles. The molecule has 1 unspecified atom stereocenters. The van der Waals surface area contributed by atoms with Crippen LogP contribution in [0, 0.1) is 5.92 Å². The van der Waals surface area contributed by atoms with Crippen molar-refractivity contribution < 1.29 is 22.6 Å². The number of halogens is 3. The molecule has 4 nitrogen and oxygen atoms in total. The number of ether oxygens (including phenoxy) is 2. The van der Waals surface area contributed by atoms with Crippen LogP contribution in [0.2, 0.25) is 0 Å². The minimum atomic E-state index is -4.11. The second-order valence-electron chi connectivity index (χ2n) is 6.05. The number of nitrogens with one attached hydrogen (secondary N) is 1. The van der Waals surface area contributed by atoms with Crippen LogP contribution < -0.4 is 14.8 Å². The average molecular weight is 346 g/mol. The normalized spacial score (nSPS) is 18.8. The van der Waals surface area contributed by atoms with E-state index in [0.29, 0.717) is 44.3 Å². The van der Waals surface area contributed by atoms with E-state index in [1.807, 2.05) is 25.1 Å². The third-order valence-corrected chi connectivity index (χ3v) is 4.06. The molecule has 1 saturated heterocycles. The van der Waals surface area contributed by atoms with Gasteiger partial charge in [-0.1, -0.05) is 6.07 Å². The topological polar surface area (TPSA) is 33.7 Å².